The average Bonchev–Trinajstić information content (AvgIpc) is 4.02. The Hall–Kier alpha value is -7.12. The van der Waals surface area contributed by atoms with Gasteiger partial charge in [0.25, 0.3) is 0 Å². The number of hydrogen-bond donors (Lipinski definition) is 5. The quantitative estimate of drug-likeness (QED) is 0.109. The molecule has 0 radical (unpaired) electrons. The molecular formula is C47H36N4O3. The van der Waals surface area contributed by atoms with Crippen molar-refractivity contribution in [3.63, 3.8) is 0 Å². The van der Waals surface area contributed by atoms with Gasteiger partial charge in [-0.15, -0.1) is 0 Å². The van der Waals surface area contributed by atoms with Crippen molar-refractivity contribution in [3.8, 4) is 22.9 Å². The fourth-order valence-electron chi connectivity index (χ4n) is 8.47. The van der Waals surface area contributed by atoms with Crippen molar-refractivity contribution in [2.24, 2.45) is 0 Å². The van der Waals surface area contributed by atoms with E-state index in [1.54, 1.807) is 13.2 Å². The fourth-order valence-corrected chi connectivity index (χ4v) is 8.47. The van der Waals surface area contributed by atoms with Gasteiger partial charge in [0.05, 0.1) is 12.6 Å². The van der Waals surface area contributed by atoms with Crippen LogP contribution < -0.4 is 4.74 Å². The minimum atomic E-state index is -0.319. The minimum Gasteiger partial charge on any atom is -0.508 e. The Bertz CT molecular complexity index is 2920. The van der Waals surface area contributed by atoms with Crippen LogP contribution in [0.4, 0.5) is 0 Å². The number of aromatic nitrogens is 4. The second kappa shape index (κ2) is 12.5. The number of aromatic hydroxyl groups is 2. The van der Waals surface area contributed by atoms with Crippen LogP contribution in [0.1, 0.15) is 45.2 Å². The van der Waals surface area contributed by atoms with Crippen LogP contribution in [0.25, 0.3) is 49.3 Å². The summed E-state index contributed by atoms with van der Waals surface area (Å²) in [5, 5.41) is 27.7. The molecule has 0 saturated carbocycles. The van der Waals surface area contributed by atoms with Crippen LogP contribution in [0.3, 0.4) is 0 Å². The van der Waals surface area contributed by atoms with Crippen molar-refractivity contribution in [2.45, 2.75) is 11.8 Å². The van der Waals surface area contributed by atoms with Gasteiger partial charge in [-0.1, -0.05) is 78.9 Å². The Morgan fingerprint density at radius 1 is 0.481 bits per heavy atom. The standard InChI is InChI=1S/C47H36N4O3/c1-54-29-19-20-34(45(53)23-29)46(36-24-48-40-14-6-2-10-30(36)40)39-27-51(43-17-9-5-13-33(39)43)28-18-21-44(52)35(22-28)47(37-25-49-41-15-7-3-11-31(37)41)38-26-50-42-16-8-4-12-32(38)42/h2-27,46-50,52-53H,1H3. The molecule has 4 aromatic heterocycles. The lowest BCUT2D eigenvalue weighted by Crippen LogP contribution is -2.05. The molecule has 54 heavy (non-hydrogen) atoms. The zero-order valence-corrected chi connectivity index (χ0v) is 29.4. The van der Waals surface area contributed by atoms with Crippen LogP contribution in [0.2, 0.25) is 0 Å². The Morgan fingerprint density at radius 3 is 1.56 bits per heavy atom. The van der Waals surface area contributed by atoms with E-state index < -0.39 is 0 Å². The third-order valence-electron chi connectivity index (χ3n) is 11.0. The molecule has 0 bridgehead atoms. The first-order valence-electron chi connectivity index (χ1n) is 18.1. The van der Waals surface area contributed by atoms with Crippen molar-refractivity contribution in [2.75, 3.05) is 7.11 Å². The van der Waals surface area contributed by atoms with Gasteiger partial charge in [-0.2, -0.15) is 0 Å². The number of nitrogens with one attached hydrogen (secondary N) is 3. The van der Waals surface area contributed by atoms with E-state index in [-0.39, 0.29) is 23.3 Å². The number of fused-ring (bicyclic) bond motifs is 4. The van der Waals surface area contributed by atoms with Crippen molar-refractivity contribution >= 4 is 43.6 Å². The van der Waals surface area contributed by atoms with E-state index in [1.165, 1.54) is 0 Å². The second-order valence-corrected chi connectivity index (χ2v) is 13.9. The Morgan fingerprint density at radius 2 is 1.00 bits per heavy atom. The fraction of sp³-hybridized carbons (Fsp3) is 0.0638. The Kier molecular flexibility index (Phi) is 7.33. The summed E-state index contributed by atoms with van der Waals surface area (Å²) >= 11 is 0. The van der Waals surface area contributed by atoms with Gasteiger partial charge in [-0.3, -0.25) is 0 Å². The number of methoxy groups -OCH3 is 1. The molecule has 0 fully saturated rings. The highest BCUT2D eigenvalue weighted by molar-refractivity contribution is 5.92. The summed E-state index contributed by atoms with van der Waals surface area (Å²) in [6.45, 7) is 0. The molecule has 262 valence electrons. The van der Waals surface area contributed by atoms with Crippen LogP contribution in [0.5, 0.6) is 17.2 Å². The van der Waals surface area contributed by atoms with Gasteiger partial charge in [0.15, 0.2) is 0 Å². The van der Waals surface area contributed by atoms with Crippen LogP contribution in [0.15, 0.2) is 158 Å². The zero-order chi connectivity index (χ0) is 36.3. The third-order valence-corrected chi connectivity index (χ3v) is 11.0. The molecule has 0 spiro atoms. The zero-order valence-electron chi connectivity index (χ0n) is 29.4. The number of aromatic amines is 3. The predicted octanol–water partition coefficient (Wildman–Crippen LogP) is 10.9. The molecule has 10 aromatic rings. The number of rotatable bonds is 8. The van der Waals surface area contributed by atoms with E-state index in [4.69, 9.17) is 4.74 Å². The van der Waals surface area contributed by atoms with E-state index >= 15 is 0 Å². The Balaban J connectivity index is 1.20. The molecule has 1 unspecified atom stereocenters. The molecule has 0 aliphatic heterocycles. The van der Waals surface area contributed by atoms with Crippen molar-refractivity contribution in [3.05, 3.63) is 192 Å². The topological polar surface area (TPSA) is 102 Å². The number of para-hydroxylation sites is 4. The maximum Gasteiger partial charge on any atom is 0.123 e. The molecule has 0 aliphatic carbocycles. The first-order chi connectivity index (χ1) is 26.6. The van der Waals surface area contributed by atoms with E-state index in [0.29, 0.717) is 5.75 Å². The first-order valence-corrected chi connectivity index (χ1v) is 18.1. The lowest BCUT2D eigenvalue weighted by Gasteiger charge is -2.20. The summed E-state index contributed by atoms with van der Waals surface area (Å²) in [6, 6.07) is 44.7. The number of hydrogen-bond acceptors (Lipinski definition) is 3. The molecule has 6 aromatic carbocycles. The lowest BCUT2D eigenvalue weighted by atomic mass is 9.84. The van der Waals surface area contributed by atoms with Gasteiger partial charge >= 0.3 is 0 Å². The summed E-state index contributed by atoms with van der Waals surface area (Å²) in [4.78, 5) is 10.4. The average molecular weight is 705 g/mol. The molecule has 0 saturated heterocycles. The van der Waals surface area contributed by atoms with E-state index in [0.717, 1.165) is 82.7 Å². The van der Waals surface area contributed by atoms with Crippen molar-refractivity contribution in [1.82, 2.24) is 19.5 Å². The smallest absolute Gasteiger partial charge is 0.123 e. The van der Waals surface area contributed by atoms with Gasteiger partial charge in [0, 0.05) is 97.6 Å². The predicted molar refractivity (Wildman–Crippen MR) is 216 cm³/mol. The van der Waals surface area contributed by atoms with Gasteiger partial charge < -0.3 is 34.5 Å². The summed E-state index contributed by atoms with van der Waals surface area (Å²) in [6.07, 6.45) is 8.37. The van der Waals surface area contributed by atoms with E-state index in [9.17, 15) is 10.2 Å². The molecule has 7 heteroatoms. The number of H-pyrrole nitrogens is 3. The number of phenols is 2. The van der Waals surface area contributed by atoms with Crippen molar-refractivity contribution in [1.29, 1.82) is 0 Å². The molecule has 0 amide bonds. The summed E-state index contributed by atoms with van der Waals surface area (Å²) < 4.78 is 7.68. The van der Waals surface area contributed by atoms with Crippen LogP contribution >= 0.6 is 0 Å². The monoisotopic (exact) mass is 704 g/mol. The first kappa shape index (κ1) is 31.6. The van der Waals surface area contributed by atoms with E-state index in [2.05, 4.69) is 123 Å². The van der Waals surface area contributed by atoms with Crippen LogP contribution in [-0.2, 0) is 0 Å². The normalized spacial score (nSPS) is 12.4. The number of benzene rings is 6. The van der Waals surface area contributed by atoms with Gasteiger partial charge in [0.1, 0.15) is 17.2 Å². The highest BCUT2D eigenvalue weighted by Gasteiger charge is 2.29. The summed E-state index contributed by atoms with van der Waals surface area (Å²) in [7, 11) is 1.60. The van der Waals surface area contributed by atoms with Gasteiger partial charge in [-0.25, -0.2) is 0 Å². The van der Waals surface area contributed by atoms with Gasteiger partial charge in [-0.05, 0) is 70.8 Å². The molecule has 4 heterocycles. The largest absolute Gasteiger partial charge is 0.508 e. The van der Waals surface area contributed by atoms with Gasteiger partial charge in [0.2, 0.25) is 0 Å². The second-order valence-electron chi connectivity index (χ2n) is 13.9. The van der Waals surface area contributed by atoms with Crippen molar-refractivity contribution < 1.29 is 14.9 Å². The lowest BCUT2D eigenvalue weighted by molar-refractivity contribution is 0.406. The SMILES string of the molecule is COc1ccc(C(c2c[nH]c3ccccc23)c2cn(-c3ccc(O)c(C(c4c[nH]c5ccccc45)c4c[nH]c5ccccc45)c3)c3ccccc23)c(O)c1. The highest BCUT2D eigenvalue weighted by atomic mass is 16.5. The summed E-state index contributed by atoms with van der Waals surface area (Å²) in [5.41, 5.74) is 10.8. The molecular weight excluding hydrogens is 669 g/mol. The number of ether oxygens (including phenoxy) is 1. The van der Waals surface area contributed by atoms with E-state index in [1.807, 2.05) is 48.5 Å². The Labute approximate surface area is 310 Å². The molecule has 10 rings (SSSR count). The molecule has 1 atom stereocenters. The highest BCUT2D eigenvalue weighted by Crippen LogP contribution is 2.46. The maximum absolute atomic E-state index is 11.8. The maximum atomic E-state index is 11.8. The van der Waals surface area contributed by atoms with Crippen LogP contribution in [0, 0.1) is 0 Å². The third kappa shape index (κ3) is 4.97. The summed E-state index contributed by atoms with van der Waals surface area (Å²) in [5.74, 6) is 0.367. The number of phenolic OH excluding ortho intramolecular Hbond substituents is 2. The minimum absolute atomic E-state index is 0.161. The number of nitrogens with zero attached hydrogens (tertiary/aromatic N) is 1. The van der Waals surface area contributed by atoms with Crippen LogP contribution in [-0.4, -0.2) is 36.8 Å². The molecule has 7 nitrogen and oxygen atoms in total. The molecule has 5 N–H and O–H groups in total. The molecule has 0 aliphatic rings.